The van der Waals surface area contributed by atoms with Crippen molar-refractivity contribution in [3.8, 4) is 0 Å². The summed E-state index contributed by atoms with van der Waals surface area (Å²) < 4.78 is 17.8. The fourth-order valence-corrected chi connectivity index (χ4v) is 1.68. The summed E-state index contributed by atoms with van der Waals surface area (Å²) in [6, 6.07) is 11.5. The second-order valence-corrected chi connectivity index (χ2v) is 4.67. The molecule has 2 aromatic carbocycles. The molecule has 2 aromatic rings. The molecule has 0 aromatic heterocycles. The second kappa shape index (κ2) is 6.71. The van der Waals surface area contributed by atoms with E-state index in [0.29, 0.717) is 16.9 Å². The molecule has 114 valence electrons. The highest BCUT2D eigenvalue weighted by Gasteiger charge is 2.19. The second-order valence-electron chi connectivity index (χ2n) is 4.67. The molecule has 0 fully saturated rings. The minimum atomic E-state index is -0.991. The number of benzene rings is 2. The lowest BCUT2D eigenvalue weighted by molar-refractivity contribution is -0.123. The van der Waals surface area contributed by atoms with Crippen molar-refractivity contribution in [2.24, 2.45) is 0 Å². The molecule has 1 amide bonds. The van der Waals surface area contributed by atoms with Crippen LogP contribution in [0.4, 0.5) is 15.8 Å². The Morgan fingerprint density at radius 1 is 1.09 bits per heavy atom. The van der Waals surface area contributed by atoms with E-state index in [9.17, 15) is 14.0 Å². The number of carbonyl (C=O) groups excluding carboxylic acids is 2. The Morgan fingerprint density at radius 3 is 2.27 bits per heavy atom. The first kappa shape index (κ1) is 15.5. The Bertz CT molecular complexity index is 669. The third-order valence-electron chi connectivity index (χ3n) is 2.91. The van der Waals surface area contributed by atoms with E-state index < -0.39 is 23.8 Å². The van der Waals surface area contributed by atoms with E-state index in [0.717, 1.165) is 0 Å². The van der Waals surface area contributed by atoms with Crippen LogP contribution in [0, 0.1) is 5.82 Å². The number of nitrogens with two attached hydrogens (primary N) is 1. The van der Waals surface area contributed by atoms with E-state index in [1.165, 1.54) is 43.3 Å². The largest absolute Gasteiger partial charge is 0.449 e. The minimum absolute atomic E-state index is 0.302. The molecule has 0 heterocycles. The number of nitrogen functional groups attached to an aromatic ring is 1. The molecule has 0 radical (unpaired) electrons. The maximum atomic E-state index is 12.8. The number of anilines is 2. The number of hydrogen-bond acceptors (Lipinski definition) is 4. The predicted octanol–water partition coefficient (Wildman–Crippen LogP) is 2.59. The summed E-state index contributed by atoms with van der Waals surface area (Å²) in [7, 11) is 0. The van der Waals surface area contributed by atoms with Crippen molar-refractivity contribution in [1.29, 1.82) is 0 Å². The summed E-state index contributed by atoms with van der Waals surface area (Å²) in [6.45, 7) is 1.45. The van der Waals surface area contributed by atoms with Gasteiger partial charge in [-0.25, -0.2) is 9.18 Å². The van der Waals surface area contributed by atoms with Crippen LogP contribution in [0.25, 0.3) is 0 Å². The molecule has 3 N–H and O–H groups in total. The third kappa shape index (κ3) is 4.05. The van der Waals surface area contributed by atoms with Gasteiger partial charge in [0.1, 0.15) is 5.82 Å². The monoisotopic (exact) mass is 302 g/mol. The van der Waals surface area contributed by atoms with E-state index in [4.69, 9.17) is 10.5 Å². The van der Waals surface area contributed by atoms with Gasteiger partial charge in [-0.3, -0.25) is 4.79 Å². The molecule has 0 aliphatic rings. The Hall–Kier alpha value is -2.89. The van der Waals surface area contributed by atoms with Crippen molar-refractivity contribution < 1.29 is 18.7 Å². The summed E-state index contributed by atoms with van der Waals surface area (Å²) in [6.07, 6.45) is -0.991. The molecular weight excluding hydrogens is 287 g/mol. The average molecular weight is 302 g/mol. The summed E-state index contributed by atoms with van der Waals surface area (Å²) in [4.78, 5) is 23.8. The van der Waals surface area contributed by atoms with E-state index >= 15 is 0 Å². The van der Waals surface area contributed by atoms with Crippen molar-refractivity contribution in [1.82, 2.24) is 0 Å². The maximum Gasteiger partial charge on any atom is 0.338 e. The summed E-state index contributed by atoms with van der Waals surface area (Å²) in [5.41, 5.74) is 6.78. The van der Waals surface area contributed by atoms with Gasteiger partial charge in [-0.1, -0.05) is 0 Å². The van der Waals surface area contributed by atoms with Gasteiger partial charge in [0.15, 0.2) is 6.10 Å². The first-order chi connectivity index (χ1) is 10.5. The van der Waals surface area contributed by atoms with Crippen LogP contribution in [0.1, 0.15) is 17.3 Å². The van der Waals surface area contributed by atoms with E-state index in [2.05, 4.69) is 5.32 Å². The zero-order valence-corrected chi connectivity index (χ0v) is 11.9. The van der Waals surface area contributed by atoms with Gasteiger partial charge in [-0.2, -0.15) is 0 Å². The number of amides is 1. The van der Waals surface area contributed by atoms with Crippen molar-refractivity contribution >= 4 is 23.3 Å². The molecule has 0 unspecified atom stereocenters. The van der Waals surface area contributed by atoms with E-state index in [-0.39, 0.29) is 0 Å². The molecule has 2 rings (SSSR count). The third-order valence-corrected chi connectivity index (χ3v) is 2.91. The first-order valence-corrected chi connectivity index (χ1v) is 6.58. The fourth-order valence-electron chi connectivity index (χ4n) is 1.68. The van der Waals surface area contributed by atoms with Crippen LogP contribution in [0.15, 0.2) is 48.5 Å². The van der Waals surface area contributed by atoms with Crippen LogP contribution in [0.3, 0.4) is 0 Å². The van der Waals surface area contributed by atoms with Crippen LogP contribution in [0.5, 0.6) is 0 Å². The van der Waals surface area contributed by atoms with Gasteiger partial charge >= 0.3 is 5.97 Å². The van der Waals surface area contributed by atoms with Crippen LogP contribution in [-0.2, 0) is 9.53 Å². The Morgan fingerprint density at radius 2 is 1.68 bits per heavy atom. The number of esters is 1. The maximum absolute atomic E-state index is 12.8. The van der Waals surface area contributed by atoms with Crippen LogP contribution in [0.2, 0.25) is 0 Å². The van der Waals surface area contributed by atoms with Crippen molar-refractivity contribution in [2.45, 2.75) is 13.0 Å². The van der Waals surface area contributed by atoms with Gasteiger partial charge in [-0.15, -0.1) is 0 Å². The lowest BCUT2D eigenvalue weighted by Crippen LogP contribution is -2.30. The summed E-state index contributed by atoms with van der Waals surface area (Å²) >= 11 is 0. The normalized spacial score (nSPS) is 11.5. The van der Waals surface area contributed by atoms with Gasteiger partial charge in [0.25, 0.3) is 5.91 Å². The molecule has 0 aliphatic carbocycles. The Kier molecular flexibility index (Phi) is 4.73. The van der Waals surface area contributed by atoms with Gasteiger partial charge in [-0.05, 0) is 55.5 Å². The predicted molar refractivity (Wildman–Crippen MR) is 80.8 cm³/mol. The Balaban J connectivity index is 1.94. The number of ether oxygens (including phenoxy) is 1. The van der Waals surface area contributed by atoms with Gasteiger partial charge in [0.05, 0.1) is 5.56 Å². The van der Waals surface area contributed by atoms with Gasteiger partial charge in [0, 0.05) is 11.4 Å². The Labute approximate surface area is 126 Å². The first-order valence-electron chi connectivity index (χ1n) is 6.58. The minimum Gasteiger partial charge on any atom is -0.449 e. The zero-order valence-electron chi connectivity index (χ0n) is 11.9. The topological polar surface area (TPSA) is 81.4 Å². The lowest BCUT2D eigenvalue weighted by atomic mass is 10.2. The van der Waals surface area contributed by atoms with Crippen LogP contribution in [-0.4, -0.2) is 18.0 Å². The van der Waals surface area contributed by atoms with Crippen molar-refractivity contribution in [2.75, 3.05) is 11.1 Å². The molecule has 22 heavy (non-hydrogen) atoms. The standard InChI is InChI=1S/C16H15FN2O3/c1-10(15(20)19-14-8-4-12(17)5-9-14)22-16(21)11-2-6-13(18)7-3-11/h2-10H,18H2,1H3,(H,19,20)/t10-/m1/s1. The van der Waals surface area contributed by atoms with Crippen LogP contribution >= 0.6 is 0 Å². The molecule has 5 nitrogen and oxygen atoms in total. The average Bonchev–Trinajstić information content (AvgIpc) is 2.50. The molecule has 6 heteroatoms. The number of nitrogens with one attached hydrogen (secondary N) is 1. The molecule has 1 atom stereocenters. The highest BCUT2D eigenvalue weighted by molar-refractivity contribution is 5.97. The van der Waals surface area contributed by atoms with Gasteiger partial charge in [0.2, 0.25) is 0 Å². The molecule has 0 saturated heterocycles. The summed E-state index contributed by atoms with van der Waals surface area (Å²) in [5, 5.41) is 2.53. The quantitative estimate of drug-likeness (QED) is 0.672. The zero-order chi connectivity index (χ0) is 16.1. The highest BCUT2D eigenvalue weighted by atomic mass is 19.1. The van der Waals surface area contributed by atoms with E-state index in [1.807, 2.05) is 0 Å². The molecule has 0 saturated carbocycles. The number of hydrogen-bond donors (Lipinski definition) is 2. The van der Waals surface area contributed by atoms with E-state index in [1.54, 1.807) is 12.1 Å². The lowest BCUT2D eigenvalue weighted by Gasteiger charge is -2.13. The number of halogens is 1. The number of rotatable bonds is 4. The van der Waals surface area contributed by atoms with Crippen molar-refractivity contribution in [3.63, 3.8) is 0 Å². The molecule has 0 bridgehead atoms. The van der Waals surface area contributed by atoms with Crippen LogP contribution < -0.4 is 11.1 Å². The highest BCUT2D eigenvalue weighted by Crippen LogP contribution is 2.11. The smallest absolute Gasteiger partial charge is 0.338 e. The molecule has 0 aliphatic heterocycles. The fraction of sp³-hybridized carbons (Fsp3) is 0.125. The van der Waals surface area contributed by atoms with Crippen molar-refractivity contribution in [3.05, 3.63) is 59.9 Å². The molecule has 0 spiro atoms. The molecular formula is C16H15FN2O3. The number of carbonyl (C=O) groups is 2. The SMILES string of the molecule is C[C@@H](OC(=O)c1ccc(N)cc1)C(=O)Nc1ccc(F)cc1. The van der Waals surface area contributed by atoms with Gasteiger partial charge < -0.3 is 15.8 Å². The summed E-state index contributed by atoms with van der Waals surface area (Å²) in [5.74, 6) is -1.53.